The lowest BCUT2D eigenvalue weighted by Gasteiger charge is -2.20. The zero-order valence-corrected chi connectivity index (χ0v) is 12.4. The van der Waals surface area contributed by atoms with Crippen molar-refractivity contribution < 1.29 is 9.00 Å². The van der Waals surface area contributed by atoms with Gasteiger partial charge in [0.2, 0.25) is 0 Å². The molecule has 1 aliphatic carbocycles. The summed E-state index contributed by atoms with van der Waals surface area (Å²) < 4.78 is 12.2. The maximum Gasteiger partial charge on any atom is 0.185 e. The summed E-state index contributed by atoms with van der Waals surface area (Å²) >= 11 is 1.55. The number of ketones is 1. The molecule has 0 amide bonds. The lowest BCUT2D eigenvalue weighted by atomic mass is 10.0. The minimum absolute atomic E-state index is 0.0589. The van der Waals surface area contributed by atoms with Gasteiger partial charge < -0.3 is 0 Å². The molecule has 0 aliphatic heterocycles. The summed E-state index contributed by atoms with van der Waals surface area (Å²) in [4.78, 5) is 14.0. The summed E-state index contributed by atoms with van der Waals surface area (Å²) in [5, 5.41) is 0.258. The molecule has 0 spiro atoms. The van der Waals surface area contributed by atoms with E-state index in [-0.39, 0.29) is 16.8 Å². The maximum atomic E-state index is 12.2. The molecule has 1 aromatic heterocycles. The normalized spacial score (nSPS) is 18.7. The summed E-state index contributed by atoms with van der Waals surface area (Å²) in [7, 11) is -0.973. The van der Waals surface area contributed by atoms with Crippen LogP contribution in [0.2, 0.25) is 0 Å². The van der Waals surface area contributed by atoms with Gasteiger partial charge in [-0.3, -0.25) is 9.00 Å². The van der Waals surface area contributed by atoms with Gasteiger partial charge in [-0.25, -0.2) is 0 Å². The van der Waals surface area contributed by atoms with Gasteiger partial charge in [0.15, 0.2) is 5.78 Å². The van der Waals surface area contributed by atoms with Gasteiger partial charge in [0, 0.05) is 20.9 Å². The highest BCUT2D eigenvalue weighted by atomic mass is 32.2. The molecular weight excluding hydrogens is 264 g/mol. The molecule has 0 bridgehead atoms. The molecule has 2 rings (SSSR count). The van der Waals surface area contributed by atoms with Crippen LogP contribution in [0.3, 0.4) is 0 Å². The van der Waals surface area contributed by atoms with Gasteiger partial charge in [-0.2, -0.15) is 0 Å². The van der Waals surface area contributed by atoms with Crippen LogP contribution in [0.25, 0.3) is 0 Å². The molecule has 1 unspecified atom stereocenters. The third-order valence-electron chi connectivity index (χ3n) is 3.48. The zero-order valence-electron chi connectivity index (χ0n) is 10.8. The van der Waals surface area contributed by atoms with Crippen molar-refractivity contribution in [3.05, 3.63) is 21.9 Å². The topological polar surface area (TPSA) is 34.1 Å². The van der Waals surface area contributed by atoms with Gasteiger partial charge in [0.05, 0.1) is 10.6 Å². The molecule has 1 aliphatic rings. The quantitative estimate of drug-likeness (QED) is 0.775. The van der Waals surface area contributed by atoms with E-state index in [1.54, 1.807) is 11.3 Å². The van der Waals surface area contributed by atoms with Crippen LogP contribution in [0.15, 0.2) is 12.1 Å². The Morgan fingerprint density at radius 3 is 2.67 bits per heavy atom. The average Bonchev–Trinajstić information content (AvgIpc) is 2.88. The van der Waals surface area contributed by atoms with Crippen LogP contribution in [-0.4, -0.2) is 21.0 Å². The van der Waals surface area contributed by atoms with E-state index in [1.807, 2.05) is 12.1 Å². The monoisotopic (exact) mass is 284 g/mol. The third kappa shape index (κ3) is 3.51. The summed E-state index contributed by atoms with van der Waals surface area (Å²) in [6.45, 7) is 2.08. The van der Waals surface area contributed by atoms with E-state index in [0.29, 0.717) is 0 Å². The number of rotatable bonds is 5. The summed E-state index contributed by atoms with van der Waals surface area (Å²) in [5.41, 5.74) is 0. The fourth-order valence-corrected chi connectivity index (χ4v) is 4.85. The summed E-state index contributed by atoms with van der Waals surface area (Å²) in [5.74, 6) is 0.275. The number of thiophene rings is 1. The molecule has 0 radical (unpaired) electrons. The molecule has 0 N–H and O–H groups in total. The SMILES string of the molecule is CCc1ccc(C(=O)CS(=O)C2CCCCC2)s1. The first-order valence-corrected chi connectivity index (χ1v) is 8.89. The van der Waals surface area contributed by atoms with Crippen LogP contribution in [0.5, 0.6) is 0 Å². The molecule has 1 atom stereocenters. The van der Waals surface area contributed by atoms with Crippen LogP contribution in [-0.2, 0) is 17.2 Å². The Kier molecular flexibility index (Phi) is 5.13. The van der Waals surface area contributed by atoms with Gasteiger partial charge in [-0.1, -0.05) is 26.2 Å². The molecule has 1 aromatic rings. The fourth-order valence-electron chi connectivity index (χ4n) is 2.36. The van der Waals surface area contributed by atoms with Crippen LogP contribution < -0.4 is 0 Å². The van der Waals surface area contributed by atoms with Crippen LogP contribution in [0.1, 0.15) is 53.6 Å². The van der Waals surface area contributed by atoms with Crippen LogP contribution in [0, 0.1) is 0 Å². The number of carbonyl (C=O) groups excluding carboxylic acids is 1. The van der Waals surface area contributed by atoms with Crippen molar-refractivity contribution in [3.8, 4) is 0 Å². The average molecular weight is 284 g/mol. The standard InChI is InChI=1S/C14H20O2S2/c1-2-11-8-9-14(17-11)13(15)10-18(16)12-6-4-3-5-7-12/h8-9,12H,2-7,10H2,1H3. The Morgan fingerprint density at radius 2 is 2.06 bits per heavy atom. The molecule has 1 fully saturated rings. The van der Waals surface area contributed by atoms with Crippen LogP contribution >= 0.6 is 11.3 Å². The van der Waals surface area contributed by atoms with Crippen molar-refractivity contribution in [2.45, 2.75) is 50.7 Å². The van der Waals surface area contributed by atoms with Crippen molar-refractivity contribution in [2.75, 3.05) is 5.75 Å². The number of hydrogen-bond acceptors (Lipinski definition) is 3. The Morgan fingerprint density at radius 1 is 1.33 bits per heavy atom. The Balaban J connectivity index is 1.91. The summed E-state index contributed by atoms with van der Waals surface area (Å²) in [6.07, 6.45) is 6.62. The molecule has 100 valence electrons. The molecule has 1 saturated carbocycles. The van der Waals surface area contributed by atoms with E-state index in [1.165, 1.54) is 24.1 Å². The molecular formula is C14H20O2S2. The molecule has 0 aromatic carbocycles. The van der Waals surface area contributed by atoms with Gasteiger partial charge in [-0.15, -0.1) is 11.3 Å². The number of hydrogen-bond donors (Lipinski definition) is 0. The highest BCUT2D eigenvalue weighted by molar-refractivity contribution is 7.86. The van der Waals surface area contributed by atoms with E-state index in [2.05, 4.69) is 6.92 Å². The van der Waals surface area contributed by atoms with E-state index >= 15 is 0 Å². The van der Waals surface area contributed by atoms with E-state index < -0.39 is 10.8 Å². The highest BCUT2D eigenvalue weighted by Gasteiger charge is 2.22. The second-order valence-electron chi connectivity index (χ2n) is 4.83. The van der Waals surface area contributed by atoms with E-state index in [9.17, 15) is 9.00 Å². The largest absolute Gasteiger partial charge is 0.292 e. The van der Waals surface area contributed by atoms with Gasteiger partial charge in [0.25, 0.3) is 0 Å². The smallest absolute Gasteiger partial charge is 0.185 e. The van der Waals surface area contributed by atoms with Crippen molar-refractivity contribution in [2.24, 2.45) is 0 Å². The lowest BCUT2D eigenvalue weighted by molar-refractivity contribution is 0.102. The minimum Gasteiger partial charge on any atom is -0.292 e. The minimum atomic E-state index is -0.973. The molecule has 0 saturated heterocycles. The van der Waals surface area contributed by atoms with Crippen LogP contribution in [0.4, 0.5) is 0 Å². The first-order valence-electron chi connectivity index (χ1n) is 6.69. The predicted molar refractivity (Wildman–Crippen MR) is 77.9 cm³/mol. The number of carbonyl (C=O) groups is 1. The molecule has 1 heterocycles. The Labute approximate surface area is 115 Å². The van der Waals surface area contributed by atoms with E-state index in [4.69, 9.17) is 0 Å². The third-order valence-corrected chi connectivity index (χ3v) is 6.51. The van der Waals surface area contributed by atoms with Crippen molar-refractivity contribution in [3.63, 3.8) is 0 Å². The summed E-state index contributed by atoms with van der Waals surface area (Å²) in [6, 6.07) is 3.88. The lowest BCUT2D eigenvalue weighted by Crippen LogP contribution is -2.24. The molecule has 2 nitrogen and oxygen atoms in total. The Hall–Kier alpha value is -0.480. The zero-order chi connectivity index (χ0) is 13.0. The Bertz CT molecular complexity index is 431. The van der Waals surface area contributed by atoms with Crippen molar-refractivity contribution in [1.29, 1.82) is 0 Å². The first-order chi connectivity index (χ1) is 8.70. The van der Waals surface area contributed by atoms with Gasteiger partial charge in [0.1, 0.15) is 0 Å². The van der Waals surface area contributed by atoms with Gasteiger partial charge >= 0.3 is 0 Å². The second kappa shape index (κ2) is 6.62. The maximum absolute atomic E-state index is 12.2. The second-order valence-corrected chi connectivity index (χ2v) is 7.71. The number of Topliss-reactive ketones (excluding diaryl/α,β-unsaturated/α-hetero) is 1. The van der Waals surface area contributed by atoms with Crippen molar-refractivity contribution >= 4 is 27.9 Å². The van der Waals surface area contributed by atoms with Crippen molar-refractivity contribution in [1.82, 2.24) is 0 Å². The van der Waals surface area contributed by atoms with E-state index in [0.717, 1.165) is 24.1 Å². The molecule has 4 heteroatoms. The first kappa shape index (κ1) is 13.9. The highest BCUT2D eigenvalue weighted by Crippen LogP contribution is 2.23. The fraction of sp³-hybridized carbons (Fsp3) is 0.643. The molecule has 18 heavy (non-hydrogen) atoms. The van der Waals surface area contributed by atoms with Gasteiger partial charge in [-0.05, 0) is 31.4 Å². The predicted octanol–water partition coefficient (Wildman–Crippen LogP) is 3.57. The number of aryl methyl sites for hydroxylation is 1.